The molecule has 18 heteroatoms. The first-order valence-electron chi connectivity index (χ1n) is 18.4. The topological polar surface area (TPSA) is 311 Å². The van der Waals surface area contributed by atoms with Crippen molar-refractivity contribution >= 4 is 47.4 Å². The smallest absolute Gasteiger partial charge is 0.326 e. The molecule has 0 aliphatic carbocycles. The number of nitrogens with one attached hydrogen (secondary N) is 5. The second kappa shape index (κ2) is 24.7. The molecule has 7 atom stereocenters. The summed E-state index contributed by atoms with van der Waals surface area (Å²) < 4.78 is 0. The van der Waals surface area contributed by atoms with Crippen LogP contribution in [0.25, 0.3) is 0 Å². The molecule has 0 aromatic heterocycles. The highest BCUT2D eigenvalue weighted by Gasteiger charge is 2.35. The van der Waals surface area contributed by atoms with Crippen LogP contribution in [0, 0.1) is 23.7 Å². The molecule has 0 rings (SSSR count). The predicted octanol–water partition coefficient (Wildman–Crippen LogP) is -0.0749. The fraction of sp³-hybridized carbons (Fsp3) is 0.771. The Morgan fingerprint density at radius 2 is 1.06 bits per heavy atom. The Morgan fingerprint density at radius 3 is 1.55 bits per heavy atom. The van der Waals surface area contributed by atoms with E-state index in [4.69, 9.17) is 17.2 Å². The normalized spacial score (nSPS) is 15.2. The third-order valence-electron chi connectivity index (χ3n) is 8.38. The maximum absolute atomic E-state index is 13.9. The van der Waals surface area contributed by atoms with E-state index in [0.29, 0.717) is 12.8 Å². The first kappa shape index (κ1) is 48.5. The second-order valence-electron chi connectivity index (χ2n) is 14.8. The summed E-state index contributed by atoms with van der Waals surface area (Å²) >= 11 is 0. The molecule has 0 saturated heterocycles. The quantitative estimate of drug-likeness (QED) is 0.0315. The van der Waals surface area contributed by atoms with E-state index in [0.717, 1.165) is 0 Å². The van der Waals surface area contributed by atoms with Gasteiger partial charge in [-0.3, -0.25) is 33.8 Å². The Kier molecular flexibility index (Phi) is 22.6. The van der Waals surface area contributed by atoms with Gasteiger partial charge in [-0.25, -0.2) is 4.79 Å². The van der Waals surface area contributed by atoms with Gasteiger partial charge in [0.15, 0.2) is 5.96 Å². The fourth-order valence-electron chi connectivity index (χ4n) is 5.36. The van der Waals surface area contributed by atoms with Crippen LogP contribution in [0.5, 0.6) is 0 Å². The first-order valence-corrected chi connectivity index (χ1v) is 18.4. The number of amides is 5. The summed E-state index contributed by atoms with van der Waals surface area (Å²) in [5, 5.41) is 32.0. The molecule has 0 aliphatic heterocycles. The summed E-state index contributed by atoms with van der Waals surface area (Å²) in [7, 11) is 0. The van der Waals surface area contributed by atoms with Gasteiger partial charge in [0, 0.05) is 13.0 Å². The Bertz CT molecular complexity index is 1260. The van der Waals surface area contributed by atoms with E-state index in [1.54, 1.807) is 13.8 Å². The van der Waals surface area contributed by atoms with Crippen LogP contribution in [0.4, 0.5) is 0 Å². The molecule has 0 aromatic carbocycles. The second-order valence-corrected chi connectivity index (χ2v) is 14.8. The predicted molar refractivity (Wildman–Crippen MR) is 200 cm³/mol. The van der Waals surface area contributed by atoms with Crippen LogP contribution in [0.1, 0.15) is 107 Å². The van der Waals surface area contributed by atoms with Gasteiger partial charge in [-0.15, -0.1) is 0 Å². The molecule has 0 aliphatic rings. The van der Waals surface area contributed by atoms with Crippen molar-refractivity contribution in [1.82, 2.24) is 26.6 Å². The highest BCUT2D eigenvalue weighted by atomic mass is 16.4. The molecule has 304 valence electrons. The van der Waals surface area contributed by atoms with Crippen molar-refractivity contribution in [1.29, 1.82) is 0 Å². The summed E-state index contributed by atoms with van der Waals surface area (Å²) in [6, 6.07) is -7.07. The SMILES string of the molecule is CCC(C)C(NC(=O)C(CCCN=C(N)N)NC(=O)C(CCC(=O)O)NC(=O)C(N)CC(C)C)C(=O)NC(CC(C)C)C(=O)NC(CC(C)C)C(=O)O. The van der Waals surface area contributed by atoms with Gasteiger partial charge in [0.25, 0.3) is 0 Å². The Labute approximate surface area is 313 Å². The number of rotatable bonds is 26. The Morgan fingerprint density at radius 1 is 0.604 bits per heavy atom. The summed E-state index contributed by atoms with van der Waals surface area (Å²) in [6.45, 7) is 14.7. The van der Waals surface area contributed by atoms with Gasteiger partial charge in [0.05, 0.1) is 6.04 Å². The number of hydrogen-bond donors (Lipinski definition) is 10. The monoisotopic (exact) mass is 755 g/mol. The van der Waals surface area contributed by atoms with Crippen LogP contribution in [-0.4, -0.2) is 100 Å². The average Bonchev–Trinajstić information content (AvgIpc) is 3.04. The number of carbonyl (C=O) groups excluding carboxylic acids is 5. The number of nitrogens with zero attached hydrogens (tertiary/aromatic N) is 1. The maximum atomic E-state index is 13.9. The Hall–Kier alpha value is -4.48. The lowest BCUT2D eigenvalue weighted by molar-refractivity contribution is -0.143. The first-order chi connectivity index (χ1) is 24.6. The molecule has 13 N–H and O–H groups in total. The van der Waals surface area contributed by atoms with Crippen LogP contribution < -0.4 is 43.8 Å². The lowest BCUT2D eigenvalue weighted by atomic mass is 9.95. The molecule has 7 unspecified atom stereocenters. The van der Waals surface area contributed by atoms with Gasteiger partial charge >= 0.3 is 11.9 Å². The molecular weight excluding hydrogens is 690 g/mol. The summed E-state index contributed by atoms with van der Waals surface area (Å²) in [6.07, 6.45) is 0.533. The lowest BCUT2D eigenvalue weighted by Gasteiger charge is -2.30. The van der Waals surface area contributed by atoms with E-state index in [1.807, 2.05) is 41.5 Å². The van der Waals surface area contributed by atoms with Crippen LogP contribution in [0.15, 0.2) is 4.99 Å². The minimum absolute atomic E-state index is 0.0134. The lowest BCUT2D eigenvalue weighted by Crippen LogP contribution is -2.60. The zero-order valence-corrected chi connectivity index (χ0v) is 32.6. The van der Waals surface area contributed by atoms with Gasteiger partial charge in [0.2, 0.25) is 29.5 Å². The number of carboxylic acid groups (broad SMARTS) is 2. The maximum Gasteiger partial charge on any atom is 0.326 e. The van der Waals surface area contributed by atoms with Gasteiger partial charge in [-0.2, -0.15) is 0 Å². The van der Waals surface area contributed by atoms with E-state index in [9.17, 15) is 43.8 Å². The molecule has 0 radical (unpaired) electrons. The molecule has 0 fully saturated rings. The van der Waals surface area contributed by atoms with Crippen molar-refractivity contribution in [3.63, 3.8) is 0 Å². The largest absolute Gasteiger partial charge is 0.481 e. The van der Waals surface area contributed by atoms with Crippen LogP contribution in [0.3, 0.4) is 0 Å². The third-order valence-corrected chi connectivity index (χ3v) is 8.38. The molecule has 0 aromatic rings. The minimum atomic E-state index is -1.35. The molecule has 18 nitrogen and oxygen atoms in total. The fourth-order valence-corrected chi connectivity index (χ4v) is 5.36. The molecular formula is C35H65N9O9. The van der Waals surface area contributed by atoms with Crippen molar-refractivity contribution < 1.29 is 43.8 Å². The van der Waals surface area contributed by atoms with Gasteiger partial charge < -0.3 is 54.0 Å². The number of aliphatic imine (C=N–C) groups is 1. The zero-order valence-electron chi connectivity index (χ0n) is 32.6. The Balaban J connectivity index is 6.40. The number of nitrogens with two attached hydrogens (primary N) is 3. The molecule has 53 heavy (non-hydrogen) atoms. The van der Waals surface area contributed by atoms with Gasteiger partial charge in [-0.05, 0) is 62.2 Å². The minimum Gasteiger partial charge on any atom is -0.481 e. The standard InChI is InChI=1S/C35H65N9O9/c1-9-21(8)28(33(51)42-25(16-19(4)5)32(50)43-26(34(52)53)17-20(6)7)44-31(49)23(11-10-14-39-35(37)38)41-30(48)24(12-13-27(45)46)40-29(47)22(36)15-18(2)3/h18-26,28H,9-17,36H2,1-8H3,(H,40,47)(H,41,48)(H,42,51)(H,43,50)(H,44,49)(H,45,46)(H,52,53)(H4,37,38,39). The molecule has 5 amide bonds. The highest BCUT2D eigenvalue weighted by molar-refractivity contribution is 5.96. The molecule has 0 saturated carbocycles. The van der Waals surface area contributed by atoms with Crippen molar-refractivity contribution in [3.05, 3.63) is 0 Å². The number of hydrogen-bond acceptors (Lipinski definition) is 9. The van der Waals surface area contributed by atoms with Gasteiger partial charge in [-0.1, -0.05) is 61.8 Å². The molecule has 0 heterocycles. The van der Waals surface area contributed by atoms with Crippen molar-refractivity contribution in [3.8, 4) is 0 Å². The third kappa shape index (κ3) is 20.4. The zero-order chi connectivity index (χ0) is 41.0. The van der Waals surface area contributed by atoms with Crippen molar-refractivity contribution in [2.24, 2.45) is 45.9 Å². The summed E-state index contributed by atoms with van der Waals surface area (Å²) in [4.78, 5) is 94.5. The van der Waals surface area contributed by atoms with E-state index in [-0.39, 0.29) is 62.4 Å². The summed E-state index contributed by atoms with van der Waals surface area (Å²) in [5.41, 5.74) is 16.8. The number of carbonyl (C=O) groups is 7. The van der Waals surface area contributed by atoms with Crippen LogP contribution >= 0.6 is 0 Å². The van der Waals surface area contributed by atoms with Gasteiger partial charge in [0.1, 0.15) is 30.2 Å². The molecule has 0 spiro atoms. The van der Waals surface area contributed by atoms with E-state index in [2.05, 4.69) is 31.6 Å². The van der Waals surface area contributed by atoms with Crippen molar-refractivity contribution in [2.75, 3.05) is 6.54 Å². The van der Waals surface area contributed by atoms with E-state index in [1.165, 1.54) is 0 Å². The highest BCUT2D eigenvalue weighted by Crippen LogP contribution is 2.14. The number of carboxylic acids is 2. The van der Waals surface area contributed by atoms with E-state index < -0.39 is 90.1 Å². The number of guanidine groups is 1. The summed E-state index contributed by atoms with van der Waals surface area (Å²) in [5.74, 6) is -6.74. The number of aliphatic carboxylic acids is 2. The van der Waals surface area contributed by atoms with Crippen molar-refractivity contribution in [2.45, 2.75) is 143 Å². The van der Waals surface area contributed by atoms with Crippen LogP contribution in [0.2, 0.25) is 0 Å². The molecule has 0 bridgehead atoms. The van der Waals surface area contributed by atoms with E-state index >= 15 is 0 Å². The van der Waals surface area contributed by atoms with Crippen LogP contribution in [-0.2, 0) is 33.6 Å². The average molecular weight is 756 g/mol.